The molecule has 94 valence electrons. The van der Waals surface area contributed by atoms with Crippen LogP contribution in [0.5, 0.6) is 5.75 Å². The monoisotopic (exact) mass is 278 g/mol. The Labute approximate surface area is 104 Å². The van der Waals surface area contributed by atoms with E-state index in [0.717, 1.165) is 11.6 Å². The highest BCUT2D eigenvalue weighted by molar-refractivity contribution is 8.13. The molecule has 17 heavy (non-hydrogen) atoms. The first-order valence-corrected chi connectivity index (χ1v) is 7.12. The molecule has 1 aromatic rings. The van der Waals surface area contributed by atoms with Gasteiger partial charge < -0.3 is 4.74 Å². The second kappa shape index (κ2) is 5.51. The number of allylic oxidation sites excluding steroid dienone is 1. The standard InChI is InChI=1S/C11H12ClFO3S/c1-8(2)5-6-16-11-4-3-9(7-10(11)13)17(12,14)15/h3-5,7H,6H2,1-2H3. The van der Waals surface area contributed by atoms with Gasteiger partial charge in [-0.15, -0.1) is 0 Å². The molecular formula is C11H12ClFO3S. The fourth-order valence-corrected chi connectivity index (χ4v) is 1.81. The molecule has 0 saturated carbocycles. The van der Waals surface area contributed by atoms with Crippen LogP contribution in [-0.2, 0) is 9.05 Å². The third-order valence-electron chi connectivity index (χ3n) is 1.92. The number of rotatable bonds is 4. The summed E-state index contributed by atoms with van der Waals surface area (Å²) < 4.78 is 40.5. The zero-order chi connectivity index (χ0) is 13.1. The van der Waals surface area contributed by atoms with Crippen LogP contribution in [0.1, 0.15) is 13.8 Å². The third-order valence-corrected chi connectivity index (χ3v) is 3.27. The highest BCUT2D eigenvalue weighted by atomic mass is 35.7. The van der Waals surface area contributed by atoms with Crippen LogP contribution in [0, 0.1) is 5.82 Å². The summed E-state index contributed by atoms with van der Waals surface area (Å²) in [5.74, 6) is -0.763. The van der Waals surface area contributed by atoms with Crippen LogP contribution < -0.4 is 4.74 Å². The lowest BCUT2D eigenvalue weighted by Gasteiger charge is -2.05. The van der Waals surface area contributed by atoms with Crippen molar-refractivity contribution < 1.29 is 17.5 Å². The van der Waals surface area contributed by atoms with Crippen molar-refractivity contribution in [3.8, 4) is 5.75 Å². The minimum atomic E-state index is -3.91. The second-order valence-electron chi connectivity index (χ2n) is 3.62. The van der Waals surface area contributed by atoms with Gasteiger partial charge in [0.1, 0.15) is 6.61 Å². The van der Waals surface area contributed by atoms with Crippen LogP contribution in [0.25, 0.3) is 0 Å². The maximum absolute atomic E-state index is 13.4. The molecule has 0 unspecified atom stereocenters. The van der Waals surface area contributed by atoms with Crippen molar-refractivity contribution >= 4 is 19.7 Å². The fraction of sp³-hybridized carbons (Fsp3) is 0.273. The average Bonchev–Trinajstić information content (AvgIpc) is 2.18. The van der Waals surface area contributed by atoms with Crippen LogP contribution >= 0.6 is 10.7 Å². The van der Waals surface area contributed by atoms with Gasteiger partial charge in [0.2, 0.25) is 0 Å². The first-order chi connectivity index (χ1) is 7.80. The van der Waals surface area contributed by atoms with Gasteiger partial charge in [0, 0.05) is 10.7 Å². The van der Waals surface area contributed by atoms with E-state index in [-0.39, 0.29) is 17.3 Å². The zero-order valence-electron chi connectivity index (χ0n) is 9.41. The predicted molar refractivity (Wildman–Crippen MR) is 64.4 cm³/mol. The van der Waals surface area contributed by atoms with E-state index in [9.17, 15) is 12.8 Å². The Morgan fingerprint density at radius 2 is 2.12 bits per heavy atom. The maximum Gasteiger partial charge on any atom is 0.261 e. The highest BCUT2D eigenvalue weighted by Crippen LogP contribution is 2.23. The van der Waals surface area contributed by atoms with Crippen molar-refractivity contribution in [3.63, 3.8) is 0 Å². The van der Waals surface area contributed by atoms with E-state index in [4.69, 9.17) is 15.4 Å². The molecule has 3 nitrogen and oxygen atoms in total. The van der Waals surface area contributed by atoms with Crippen molar-refractivity contribution in [2.75, 3.05) is 6.61 Å². The predicted octanol–water partition coefficient (Wildman–Crippen LogP) is 3.10. The molecule has 0 aliphatic rings. The Hall–Kier alpha value is -1.07. The van der Waals surface area contributed by atoms with Gasteiger partial charge in [-0.05, 0) is 38.1 Å². The summed E-state index contributed by atoms with van der Waals surface area (Å²) in [6.07, 6.45) is 1.78. The highest BCUT2D eigenvalue weighted by Gasteiger charge is 2.13. The molecule has 0 heterocycles. The first-order valence-electron chi connectivity index (χ1n) is 4.81. The smallest absolute Gasteiger partial charge is 0.261 e. The Morgan fingerprint density at radius 1 is 1.47 bits per heavy atom. The van der Waals surface area contributed by atoms with Crippen LogP contribution in [0.3, 0.4) is 0 Å². The number of hydrogen-bond donors (Lipinski definition) is 0. The molecule has 0 atom stereocenters. The maximum atomic E-state index is 13.4. The first kappa shape index (κ1) is 14.0. The van der Waals surface area contributed by atoms with Crippen molar-refractivity contribution in [1.29, 1.82) is 0 Å². The van der Waals surface area contributed by atoms with Crippen LogP contribution in [-0.4, -0.2) is 15.0 Å². The molecule has 0 saturated heterocycles. The van der Waals surface area contributed by atoms with Crippen LogP contribution in [0.4, 0.5) is 4.39 Å². The van der Waals surface area contributed by atoms with Crippen molar-refractivity contribution in [2.24, 2.45) is 0 Å². The van der Waals surface area contributed by atoms with Gasteiger partial charge >= 0.3 is 0 Å². The van der Waals surface area contributed by atoms with Gasteiger partial charge in [0.05, 0.1) is 4.90 Å². The summed E-state index contributed by atoms with van der Waals surface area (Å²) in [6.45, 7) is 4.01. The van der Waals surface area contributed by atoms with Crippen molar-refractivity contribution in [1.82, 2.24) is 0 Å². The molecular weight excluding hydrogens is 267 g/mol. The number of hydrogen-bond acceptors (Lipinski definition) is 3. The minimum Gasteiger partial charge on any atom is -0.486 e. The van der Waals surface area contributed by atoms with E-state index in [1.54, 1.807) is 6.08 Å². The molecule has 0 fully saturated rings. The van der Waals surface area contributed by atoms with Gasteiger partial charge in [-0.3, -0.25) is 0 Å². The van der Waals surface area contributed by atoms with E-state index in [1.165, 1.54) is 12.1 Å². The fourth-order valence-electron chi connectivity index (χ4n) is 1.05. The van der Waals surface area contributed by atoms with Gasteiger partial charge in [-0.1, -0.05) is 5.57 Å². The molecule has 0 spiro atoms. The summed E-state index contributed by atoms with van der Waals surface area (Å²) in [5.41, 5.74) is 1.05. The van der Waals surface area contributed by atoms with Gasteiger partial charge in [0.15, 0.2) is 11.6 Å². The molecule has 0 amide bonds. The number of benzene rings is 1. The largest absolute Gasteiger partial charge is 0.486 e. The molecule has 0 bridgehead atoms. The Morgan fingerprint density at radius 3 is 2.59 bits per heavy atom. The van der Waals surface area contributed by atoms with Gasteiger partial charge in [-0.25, -0.2) is 12.8 Å². The lowest BCUT2D eigenvalue weighted by atomic mass is 10.3. The third kappa shape index (κ3) is 4.36. The topological polar surface area (TPSA) is 43.4 Å². The normalized spacial score (nSPS) is 11.1. The number of ether oxygens (including phenoxy) is 1. The van der Waals surface area contributed by atoms with E-state index in [0.29, 0.717) is 0 Å². The van der Waals surface area contributed by atoms with Crippen molar-refractivity contribution in [3.05, 3.63) is 35.7 Å². The lowest BCUT2D eigenvalue weighted by molar-refractivity contribution is 0.340. The Kier molecular flexibility index (Phi) is 4.54. The molecule has 1 rings (SSSR count). The van der Waals surface area contributed by atoms with E-state index >= 15 is 0 Å². The summed E-state index contributed by atoms with van der Waals surface area (Å²) in [4.78, 5) is -0.286. The van der Waals surface area contributed by atoms with Gasteiger partial charge in [-0.2, -0.15) is 0 Å². The minimum absolute atomic E-state index is 0.00781. The number of halogens is 2. The van der Waals surface area contributed by atoms with Gasteiger partial charge in [0.25, 0.3) is 9.05 Å². The van der Waals surface area contributed by atoms with Crippen LogP contribution in [0.15, 0.2) is 34.7 Å². The lowest BCUT2D eigenvalue weighted by Crippen LogP contribution is -1.98. The van der Waals surface area contributed by atoms with E-state index < -0.39 is 14.9 Å². The molecule has 0 aromatic heterocycles. The summed E-state index contributed by atoms with van der Waals surface area (Å²) in [7, 11) is 1.17. The summed E-state index contributed by atoms with van der Waals surface area (Å²) in [5, 5.41) is 0. The quantitative estimate of drug-likeness (QED) is 0.628. The second-order valence-corrected chi connectivity index (χ2v) is 6.19. The van der Waals surface area contributed by atoms with E-state index in [2.05, 4.69) is 0 Å². The molecule has 0 aliphatic heterocycles. The molecule has 0 aliphatic carbocycles. The Balaban J connectivity index is 2.88. The molecule has 1 aromatic carbocycles. The zero-order valence-corrected chi connectivity index (χ0v) is 11.0. The van der Waals surface area contributed by atoms with E-state index in [1.807, 2.05) is 13.8 Å². The molecule has 6 heteroatoms. The molecule has 0 radical (unpaired) electrons. The van der Waals surface area contributed by atoms with Crippen LogP contribution in [0.2, 0.25) is 0 Å². The molecule has 0 N–H and O–H groups in total. The SMILES string of the molecule is CC(C)=CCOc1ccc(S(=O)(=O)Cl)cc1F. The Bertz CT molecular complexity index is 534. The summed E-state index contributed by atoms with van der Waals surface area (Å²) in [6, 6.07) is 3.27. The summed E-state index contributed by atoms with van der Waals surface area (Å²) >= 11 is 0. The average molecular weight is 279 g/mol. The van der Waals surface area contributed by atoms with Crippen molar-refractivity contribution in [2.45, 2.75) is 18.7 Å².